The van der Waals surface area contributed by atoms with Gasteiger partial charge in [-0.1, -0.05) is 0 Å². The molecule has 8 heavy (non-hydrogen) atoms. The molecular weight excluding hydrogens is 115 g/mol. The Hall–Kier alpha value is -0.800. The standard InChI is InChI=1S/C4H5FO3/c1-2-3(5)8-4(6)7-2/h2-3H,1H3/t2?,3-/m1/s1. The van der Waals surface area contributed by atoms with Gasteiger partial charge in [0.15, 0.2) is 6.10 Å². The minimum absolute atomic E-state index is 0.748. The zero-order valence-corrected chi connectivity index (χ0v) is 4.26. The molecule has 1 rings (SSSR count). The van der Waals surface area contributed by atoms with Crippen LogP contribution < -0.4 is 0 Å². The highest BCUT2D eigenvalue weighted by molar-refractivity contribution is 5.62. The smallest absolute Gasteiger partial charge is 0.424 e. The van der Waals surface area contributed by atoms with Gasteiger partial charge in [-0.05, 0) is 6.92 Å². The Morgan fingerprint density at radius 1 is 1.62 bits per heavy atom. The normalized spacial score (nSPS) is 36.5. The van der Waals surface area contributed by atoms with Crippen molar-refractivity contribution in [1.82, 2.24) is 0 Å². The molecule has 0 radical (unpaired) electrons. The summed E-state index contributed by atoms with van der Waals surface area (Å²) >= 11 is 0. The quantitative estimate of drug-likeness (QED) is 0.444. The van der Waals surface area contributed by atoms with Crippen LogP contribution in [0.5, 0.6) is 0 Å². The van der Waals surface area contributed by atoms with Crippen molar-refractivity contribution in [1.29, 1.82) is 0 Å². The van der Waals surface area contributed by atoms with E-state index in [2.05, 4.69) is 9.47 Å². The first-order chi connectivity index (χ1) is 3.70. The maximum atomic E-state index is 12.0. The fourth-order valence-electron chi connectivity index (χ4n) is 0.421. The highest BCUT2D eigenvalue weighted by Gasteiger charge is 2.32. The number of carbonyl (C=O) groups is 1. The molecule has 1 aliphatic heterocycles. The summed E-state index contributed by atoms with van der Waals surface area (Å²) < 4.78 is 20.2. The van der Waals surface area contributed by atoms with Crippen molar-refractivity contribution < 1.29 is 18.7 Å². The third kappa shape index (κ3) is 0.731. The molecule has 0 aromatic rings. The van der Waals surface area contributed by atoms with E-state index >= 15 is 0 Å². The van der Waals surface area contributed by atoms with E-state index in [9.17, 15) is 9.18 Å². The predicted molar refractivity (Wildman–Crippen MR) is 21.9 cm³/mol. The van der Waals surface area contributed by atoms with Gasteiger partial charge in [-0.25, -0.2) is 4.79 Å². The molecule has 46 valence electrons. The maximum absolute atomic E-state index is 12.0. The Balaban J connectivity index is 2.51. The molecule has 1 fully saturated rings. The average Bonchev–Trinajstić information content (AvgIpc) is 1.85. The Morgan fingerprint density at radius 3 is 2.38 bits per heavy atom. The van der Waals surface area contributed by atoms with Crippen LogP contribution in [0.4, 0.5) is 9.18 Å². The molecule has 1 saturated heterocycles. The highest BCUT2D eigenvalue weighted by atomic mass is 19.1. The largest absolute Gasteiger partial charge is 0.511 e. The molecule has 0 aromatic heterocycles. The number of carbonyl (C=O) groups excluding carboxylic acids is 1. The van der Waals surface area contributed by atoms with E-state index in [-0.39, 0.29) is 0 Å². The van der Waals surface area contributed by atoms with E-state index in [1.807, 2.05) is 0 Å². The van der Waals surface area contributed by atoms with Gasteiger partial charge in [-0.15, -0.1) is 0 Å². The second-order valence-electron chi connectivity index (χ2n) is 1.54. The van der Waals surface area contributed by atoms with Crippen molar-refractivity contribution in [3.05, 3.63) is 0 Å². The summed E-state index contributed by atoms with van der Waals surface area (Å²) in [5, 5.41) is 0. The van der Waals surface area contributed by atoms with E-state index in [0.717, 1.165) is 0 Å². The summed E-state index contributed by atoms with van der Waals surface area (Å²) in [4.78, 5) is 9.98. The molecule has 0 N–H and O–H groups in total. The Morgan fingerprint density at radius 2 is 2.25 bits per heavy atom. The second kappa shape index (κ2) is 1.61. The first-order valence-corrected chi connectivity index (χ1v) is 2.21. The van der Waals surface area contributed by atoms with Crippen LogP contribution in [0.15, 0.2) is 0 Å². The number of halogens is 1. The van der Waals surface area contributed by atoms with Gasteiger partial charge >= 0.3 is 6.16 Å². The van der Waals surface area contributed by atoms with Gasteiger partial charge in [0.1, 0.15) is 0 Å². The number of cyclic esters (lactones) is 2. The third-order valence-electron chi connectivity index (χ3n) is 0.860. The van der Waals surface area contributed by atoms with E-state index in [0.29, 0.717) is 0 Å². The third-order valence-corrected chi connectivity index (χ3v) is 0.860. The van der Waals surface area contributed by atoms with Gasteiger partial charge in [0.25, 0.3) is 6.36 Å². The monoisotopic (exact) mass is 120 g/mol. The topological polar surface area (TPSA) is 35.5 Å². The number of hydrogen-bond acceptors (Lipinski definition) is 3. The summed E-state index contributed by atoms with van der Waals surface area (Å²) in [6, 6.07) is 0. The molecule has 0 aromatic carbocycles. The van der Waals surface area contributed by atoms with E-state index in [1.165, 1.54) is 6.92 Å². The number of ether oxygens (including phenoxy) is 2. The van der Waals surface area contributed by atoms with Crippen LogP contribution in [0.25, 0.3) is 0 Å². The van der Waals surface area contributed by atoms with Crippen molar-refractivity contribution in [2.24, 2.45) is 0 Å². The molecular formula is C4H5FO3. The summed E-state index contributed by atoms with van der Waals surface area (Å²) in [5.74, 6) is 0. The molecule has 0 amide bonds. The van der Waals surface area contributed by atoms with Crippen LogP contribution >= 0.6 is 0 Å². The summed E-state index contributed by atoms with van der Waals surface area (Å²) in [5.41, 5.74) is 0. The van der Waals surface area contributed by atoms with Crippen molar-refractivity contribution in [2.75, 3.05) is 0 Å². The van der Waals surface area contributed by atoms with Crippen LogP contribution in [-0.4, -0.2) is 18.6 Å². The second-order valence-corrected chi connectivity index (χ2v) is 1.54. The molecule has 2 atom stereocenters. The number of hydrogen-bond donors (Lipinski definition) is 0. The van der Waals surface area contributed by atoms with E-state index in [1.54, 1.807) is 0 Å². The van der Waals surface area contributed by atoms with Gasteiger partial charge in [-0.2, -0.15) is 4.39 Å². The lowest BCUT2D eigenvalue weighted by atomic mass is 10.4. The van der Waals surface area contributed by atoms with E-state index < -0.39 is 18.6 Å². The molecule has 3 nitrogen and oxygen atoms in total. The lowest BCUT2D eigenvalue weighted by Crippen LogP contribution is -2.11. The Labute approximate surface area is 45.4 Å². The Kier molecular flexibility index (Phi) is 1.08. The maximum Gasteiger partial charge on any atom is 0.511 e. The molecule has 1 aliphatic rings. The zero-order chi connectivity index (χ0) is 6.15. The molecule has 0 bridgehead atoms. The van der Waals surface area contributed by atoms with Gasteiger partial charge in [0, 0.05) is 0 Å². The zero-order valence-electron chi connectivity index (χ0n) is 4.26. The van der Waals surface area contributed by atoms with Gasteiger partial charge in [-0.3, -0.25) is 0 Å². The highest BCUT2D eigenvalue weighted by Crippen LogP contribution is 2.14. The first kappa shape index (κ1) is 5.34. The lowest BCUT2D eigenvalue weighted by Gasteiger charge is -1.96. The van der Waals surface area contributed by atoms with Crippen molar-refractivity contribution in [3.8, 4) is 0 Å². The molecule has 0 spiro atoms. The van der Waals surface area contributed by atoms with Gasteiger partial charge in [0.05, 0.1) is 0 Å². The molecule has 4 heteroatoms. The summed E-state index contributed by atoms with van der Waals surface area (Å²) in [7, 11) is 0. The summed E-state index contributed by atoms with van der Waals surface area (Å²) in [6.45, 7) is 1.43. The van der Waals surface area contributed by atoms with Crippen molar-refractivity contribution in [3.63, 3.8) is 0 Å². The minimum atomic E-state index is -1.58. The van der Waals surface area contributed by atoms with Crippen LogP contribution in [0.3, 0.4) is 0 Å². The number of alkyl halides is 1. The van der Waals surface area contributed by atoms with Gasteiger partial charge < -0.3 is 9.47 Å². The van der Waals surface area contributed by atoms with Gasteiger partial charge in [0.2, 0.25) is 0 Å². The first-order valence-electron chi connectivity index (χ1n) is 2.21. The van der Waals surface area contributed by atoms with Crippen molar-refractivity contribution in [2.45, 2.75) is 19.4 Å². The fourth-order valence-corrected chi connectivity index (χ4v) is 0.421. The van der Waals surface area contributed by atoms with Crippen LogP contribution in [-0.2, 0) is 9.47 Å². The molecule has 1 heterocycles. The molecule has 1 unspecified atom stereocenters. The van der Waals surface area contributed by atoms with E-state index in [4.69, 9.17) is 0 Å². The Bertz CT molecular complexity index is 102. The summed E-state index contributed by atoms with van der Waals surface area (Å²) in [6.07, 6.45) is -3.25. The van der Waals surface area contributed by atoms with Crippen molar-refractivity contribution >= 4 is 6.16 Å². The fraction of sp³-hybridized carbons (Fsp3) is 0.750. The molecule has 0 saturated carbocycles. The predicted octanol–water partition coefficient (Wildman–Crippen LogP) is 0.837. The van der Waals surface area contributed by atoms with Crippen LogP contribution in [0.2, 0.25) is 0 Å². The van der Waals surface area contributed by atoms with Crippen LogP contribution in [0.1, 0.15) is 6.92 Å². The lowest BCUT2D eigenvalue weighted by molar-refractivity contribution is 0.0374. The number of rotatable bonds is 0. The average molecular weight is 120 g/mol. The van der Waals surface area contributed by atoms with Crippen LogP contribution in [0, 0.1) is 0 Å². The molecule has 0 aliphatic carbocycles. The SMILES string of the molecule is CC1OC(=O)O[C@H]1F. The minimum Gasteiger partial charge on any atom is -0.424 e.